The second kappa shape index (κ2) is 3.05. The van der Waals surface area contributed by atoms with E-state index in [2.05, 4.69) is 15.8 Å². The Labute approximate surface area is 41.0 Å². The Morgan fingerprint density at radius 2 is 2.83 bits per heavy atom. The van der Waals surface area contributed by atoms with E-state index in [1.165, 1.54) is 0 Å². The lowest BCUT2D eigenvalue weighted by Crippen LogP contribution is -1.88. The van der Waals surface area contributed by atoms with Crippen LogP contribution in [0.5, 0.6) is 0 Å². The van der Waals surface area contributed by atoms with Crippen LogP contribution < -0.4 is 0 Å². The molecule has 2 heteroatoms. The number of hydrogen-bond acceptors (Lipinski definition) is 1. The third-order valence-electron chi connectivity index (χ3n) is 0.365. The SMILES string of the molecule is [3H]C(P)C(=O)C=C. The number of hydrogen-bond donors (Lipinski definition) is 0. The van der Waals surface area contributed by atoms with Crippen LogP contribution in [0.25, 0.3) is 0 Å². The molecule has 0 spiro atoms. The van der Waals surface area contributed by atoms with Gasteiger partial charge in [-0.15, -0.1) is 9.24 Å². The second-order valence-electron chi connectivity index (χ2n) is 0.773. The van der Waals surface area contributed by atoms with Crippen molar-refractivity contribution in [3.63, 3.8) is 0 Å². The molecule has 0 heterocycles. The first-order chi connectivity index (χ1) is 3.18. The van der Waals surface area contributed by atoms with Gasteiger partial charge in [0.25, 0.3) is 0 Å². The van der Waals surface area contributed by atoms with E-state index in [1.807, 2.05) is 0 Å². The van der Waals surface area contributed by atoms with Gasteiger partial charge in [0.15, 0.2) is 5.78 Å². The second-order valence-corrected chi connectivity index (χ2v) is 1.11. The lowest BCUT2D eigenvalue weighted by atomic mass is 10.5. The minimum absolute atomic E-state index is 0.259. The van der Waals surface area contributed by atoms with E-state index in [4.69, 9.17) is 1.37 Å². The van der Waals surface area contributed by atoms with Gasteiger partial charge < -0.3 is 0 Å². The van der Waals surface area contributed by atoms with E-state index in [0.717, 1.165) is 6.08 Å². The molecule has 6 heavy (non-hydrogen) atoms. The third-order valence-corrected chi connectivity index (χ3v) is 0.694. The fourth-order valence-electron chi connectivity index (χ4n) is 0.0680. The van der Waals surface area contributed by atoms with E-state index in [0.29, 0.717) is 0 Å². The molecule has 0 amide bonds. The Morgan fingerprint density at radius 1 is 2.33 bits per heavy atom. The molecule has 0 aliphatic heterocycles. The van der Waals surface area contributed by atoms with Gasteiger partial charge in [-0.3, -0.25) is 4.79 Å². The van der Waals surface area contributed by atoms with Crippen LogP contribution in [0.4, 0.5) is 0 Å². The van der Waals surface area contributed by atoms with E-state index in [-0.39, 0.29) is 5.78 Å². The van der Waals surface area contributed by atoms with Crippen LogP contribution >= 0.6 is 9.24 Å². The molecule has 0 aromatic heterocycles. The zero-order valence-electron chi connectivity index (χ0n) is 4.35. The smallest absolute Gasteiger partial charge is 0.158 e. The zero-order valence-corrected chi connectivity index (χ0v) is 4.50. The molecule has 0 aromatic rings. The summed E-state index contributed by atoms with van der Waals surface area (Å²) >= 11 is 0. The van der Waals surface area contributed by atoms with Gasteiger partial charge in [-0.1, -0.05) is 6.58 Å². The molecule has 0 radical (unpaired) electrons. The average molecular weight is 104 g/mol. The average Bonchev–Trinajstić information content (AvgIpc) is 1.65. The van der Waals surface area contributed by atoms with Crippen molar-refractivity contribution in [3.05, 3.63) is 12.7 Å². The highest BCUT2D eigenvalue weighted by molar-refractivity contribution is 7.18. The topological polar surface area (TPSA) is 17.1 Å². The highest BCUT2D eigenvalue weighted by atomic mass is 31.0. The summed E-state index contributed by atoms with van der Waals surface area (Å²) in [7, 11) is 2.06. The maximum absolute atomic E-state index is 10.2. The van der Waals surface area contributed by atoms with Gasteiger partial charge in [-0.05, 0) is 6.08 Å². The Morgan fingerprint density at radius 3 is 2.83 bits per heavy atom. The molecule has 2 unspecified atom stereocenters. The molecule has 0 aliphatic carbocycles. The van der Waals surface area contributed by atoms with E-state index in [1.54, 1.807) is 0 Å². The normalized spacial score (nSPS) is 15.2. The minimum Gasteiger partial charge on any atom is -0.295 e. The molecule has 1 nitrogen and oxygen atoms in total. The van der Waals surface area contributed by atoms with Crippen LogP contribution in [-0.4, -0.2) is 11.9 Å². The molecule has 2 atom stereocenters. The molecule has 0 aromatic carbocycles. The first-order valence-electron chi connectivity index (χ1n) is 2.10. The van der Waals surface area contributed by atoms with Gasteiger partial charge in [0, 0.05) is 7.51 Å². The number of allylic oxidation sites excluding steroid dienone is 1. The summed E-state index contributed by atoms with van der Waals surface area (Å²) in [5, 5.41) is 0. The van der Waals surface area contributed by atoms with Crippen LogP contribution in [0.15, 0.2) is 12.7 Å². The predicted molar refractivity (Wildman–Crippen MR) is 29.8 cm³/mol. The molecule has 34 valence electrons. The van der Waals surface area contributed by atoms with Crippen LogP contribution in [0, 0.1) is 0 Å². The Kier molecular flexibility index (Phi) is 2.04. The molecule has 0 fully saturated rings. The summed E-state index contributed by atoms with van der Waals surface area (Å²) in [6.07, 6.45) is 0.419. The number of rotatable bonds is 2. The zero-order chi connectivity index (χ0) is 5.86. The van der Waals surface area contributed by atoms with Crippen molar-refractivity contribution < 1.29 is 6.17 Å². The lowest BCUT2D eigenvalue weighted by Gasteiger charge is -1.75. The Balaban J connectivity index is 3.56. The Bertz CT molecular complexity index is 89.7. The van der Waals surface area contributed by atoms with Crippen molar-refractivity contribution in [2.45, 2.75) is 0 Å². The van der Waals surface area contributed by atoms with Gasteiger partial charge in [0.2, 0.25) is 0 Å². The van der Waals surface area contributed by atoms with Gasteiger partial charge in [0.1, 0.15) is 0 Å². The van der Waals surface area contributed by atoms with E-state index >= 15 is 0 Å². The Hall–Kier alpha value is -0.160. The fourth-order valence-corrected chi connectivity index (χ4v) is 0.204. The van der Waals surface area contributed by atoms with Crippen LogP contribution in [0.1, 0.15) is 1.37 Å². The maximum atomic E-state index is 10.2. The van der Waals surface area contributed by atoms with Gasteiger partial charge >= 0.3 is 0 Å². The van der Waals surface area contributed by atoms with Crippen molar-refractivity contribution in [2.24, 2.45) is 0 Å². The monoisotopic (exact) mass is 104 g/mol. The van der Waals surface area contributed by atoms with Crippen LogP contribution in [-0.2, 0) is 4.79 Å². The molecule has 0 aliphatic rings. The summed E-state index contributed by atoms with van der Waals surface area (Å²) in [6.45, 7) is 3.20. The molecule has 0 saturated heterocycles. The van der Waals surface area contributed by atoms with Gasteiger partial charge in [-0.25, -0.2) is 0 Å². The molecule has 0 N–H and O–H groups in total. The molecule has 0 saturated carbocycles. The summed E-state index contributed by atoms with van der Waals surface area (Å²) in [4.78, 5) is 10.2. The van der Waals surface area contributed by atoms with Crippen molar-refractivity contribution >= 4 is 15.0 Å². The minimum atomic E-state index is -0.725. The lowest BCUT2D eigenvalue weighted by molar-refractivity contribution is -0.112. The van der Waals surface area contributed by atoms with E-state index < -0.39 is 6.14 Å². The van der Waals surface area contributed by atoms with Crippen molar-refractivity contribution in [1.82, 2.24) is 0 Å². The summed E-state index contributed by atoms with van der Waals surface area (Å²) in [6, 6.07) is 0. The highest BCUT2D eigenvalue weighted by Gasteiger charge is 1.82. The molecule has 0 rings (SSSR count). The van der Waals surface area contributed by atoms with Crippen molar-refractivity contribution in [1.29, 1.82) is 0 Å². The summed E-state index contributed by atoms with van der Waals surface area (Å²) in [5.41, 5.74) is 0. The number of carbonyl (C=O) groups excluding carboxylic acids is 1. The van der Waals surface area contributed by atoms with Crippen LogP contribution in [0.3, 0.4) is 0 Å². The first kappa shape index (κ1) is 4.01. The summed E-state index contributed by atoms with van der Waals surface area (Å²) in [5.74, 6) is -0.259. The molecular weight excluding hydrogens is 95.0 g/mol. The van der Waals surface area contributed by atoms with Crippen molar-refractivity contribution in [3.8, 4) is 0 Å². The fraction of sp³-hybridized carbons (Fsp3) is 0.250. The first-order valence-corrected chi connectivity index (χ1v) is 2.19. The number of carbonyl (C=O) groups is 1. The van der Waals surface area contributed by atoms with Crippen LogP contribution in [0.2, 0.25) is 0 Å². The largest absolute Gasteiger partial charge is 0.295 e. The highest BCUT2D eigenvalue weighted by Crippen LogP contribution is 1.80. The molecular formula is C4H7OP. The standard InChI is InChI=1S/C4H7OP/c1-2-4(5)3-6/h2H,1,3,6H2/i3T. The predicted octanol–water partition coefficient (Wildman–Crippen LogP) is 0.617. The van der Waals surface area contributed by atoms with Gasteiger partial charge in [-0.2, -0.15) is 0 Å². The number of ketones is 1. The maximum Gasteiger partial charge on any atom is 0.158 e. The van der Waals surface area contributed by atoms with Crippen molar-refractivity contribution in [2.75, 3.05) is 6.14 Å². The summed E-state index contributed by atoms with van der Waals surface area (Å²) < 4.78 is 6.73. The van der Waals surface area contributed by atoms with Gasteiger partial charge in [0.05, 0.1) is 0 Å². The third kappa shape index (κ3) is 2.10. The quantitative estimate of drug-likeness (QED) is 0.370. The molecule has 0 bridgehead atoms. The van der Waals surface area contributed by atoms with E-state index in [9.17, 15) is 4.79 Å².